The first-order valence-electron chi connectivity index (χ1n) is 8.58. The molecule has 0 radical (unpaired) electrons. The summed E-state index contributed by atoms with van der Waals surface area (Å²) in [6, 6.07) is 28.5. The van der Waals surface area contributed by atoms with Crippen LogP contribution in [0.1, 0.15) is 36.5 Å². The van der Waals surface area contributed by atoms with Crippen molar-refractivity contribution in [2.45, 2.75) is 25.2 Å². The zero-order chi connectivity index (χ0) is 16.7. The summed E-state index contributed by atoms with van der Waals surface area (Å²) < 4.78 is 0. The number of hydrogen-bond donors (Lipinski definition) is 0. The van der Waals surface area contributed by atoms with E-state index in [9.17, 15) is 0 Å². The lowest BCUT2D eigenvalue weighted by molar-refractivity contribution is 0.456. The van der Waals surface area contributed by atoms with Gasteiger partial charge in [0.25, 0.3) is 0 Å². The second kappa shape index (κ2) is 5.52. The average molecular weight is 313 g/mol. The van der Waals surface area contributed by atoms with Gasteiger partial charge in [-0.1, -0.05) is 80.6 Å². The number of nitrogens with zero attached hydrogens (tertiary/aromatic N) is 1. The van der Waals surface area contributed by atoms with Gasteiger partial charge in [0.15, 0.2) is 0 Å². The molecule has 1 aliphatic heterocycles. The highest BCUT2D eigenvalue weighted by atomic mass is 15.1. The summed E-state index contributed by atoms with van der Waals surface area (Å²) in [7, 11) is 2.17. The zero-order valence-electron chi connectivity index (χ0n) is 14.5. The lowest BCUT2D eigenvalue weighted by Gasteiger charge is -2.43. The standard InChI is InChI=1S/C23H23N/c1-23(2,17-11-5-4-6-12-17)22-18-13-7-9-15-20(18)24(3)21-16-10-8-14-19(21)22/h4-16,22H,1-3H3. The van der Waals surface area contributed by atoms with Crippen LogP contribution in [0.5, 0.6) is 0 Å². The maximum absolute atomic E-state index is 2.37. The van der Waals surface area contributed by atoms with Crippen molar-refractivity contribution in [3.05, 3.63) is 95.6 Å². The smallest absolute Gasteiger partial charge is 0.0447 e. The van der Waals surface area contributed by atoms with Crippen molar-refractivity contribution in [3.63, 3.8) is 0 Å². The van der Waals surface area contributed by atoms with E-state index in [2.05, 4.69) is 105 Å². The molecule has 120 valence electrons. The molecular formula is C23H23N. The molecule has 0 fully saturated rings. The van der Waals surface area contributed by atoms with Crippen molar-refractivity contribution in [1.82, 2.24) is 0 Å². The minimum absolute atomic E-state index is 0.00866. The third kappa shape index (κ3) is 2.16. The predicted molar refractivity (Wildman–Crippen MR) is 102 cm³/mol. The summed E-state index contributed by atoms with van der Waals surface area (Å²) in [5.41, 5.74) is 6.83. The van der Waals surface area contributed by atoms with Gasteiger partial charge in [0.1, 0.15) is 0 Å². The van der Waals surface area contributed by atoms with Crippen LogP contribution in [0, 0.1) is 0 Å². The van der Waals surface area contributed by atoms with E-state index in [1.165, 1.54) is 28.1 Å². The van der Waals surface area contributed by atoms with Crippen LogP contribution in [0.4, 0.5) is 11.4 Å². The monoisotopic (exact) mass is 313 g/mol. The summed E-state index contributed by atoms with van der Waals surface area (Å²) in [4.78, 5) is 2.32. The molecule has 4 rings (SSSR count). The Hall–Kier alpha value is -2.54. The summed E-state index contributed by atoms with van der Waals surface area (Å²) in [5.74, 6) is 0.337. The highest BCUT2D eigenvalue weighted by molar-refractivity contribution is 5.76. The molecule has 0 spiro atoms. The second-order valence-corrected chi connectivity index (χ2v) is 7.20. The molecule has 0 aliphatic carbocycles. The molecule has 0 amide bonds. The van der Waals surface area contributed by atoms with Crippen LogP contribution < -0.4 is 4.90 Å². The van der Waals surface area contributed by atoms with E-state index in [4.69, 9.17) is 0 Å². The van der Waals surface area contributed by atoms with Gasteiger partial charge < -0.3 is 4.90 Å². The zero-order valence-corrected chi connectivity index (χ0v) is 14.5. The minimum Gasteiger partial charge on any atom is -0.344 e. The number of para-hydroxylation sites is 2. The van der Waals surface area contributed by atoms with Gasteiger partial charge in [-0.25, -0.2) is 0 Å². The quantitative estimate of drug-likeness (QED) is 0.571. The van der Waals surface area contributed by atoms with E-state index in [1.807, 2.05) is 0 Å². The molecule has 0 aromatic heterocycles. The predicted octanol–water partition coefficient (Wildman–Crippen LogP) is 5.88. The molecular weight excluding hydrogens is 290 g/mol. The van der Waals surface area contributed by atoms with Crippen LogP contribution in [0.2, 0.25) is 0 Å². The maximum Gasteiger partial charge on any atom is 0.0447 e. The SMILES string of the molecule is CN1c2ccccc2C(C(C)(C)c2ccccc2)c2ccccc21. The Balaban J connectivity index is 1.97. The number of fused-ring (bicyclic) bond motifs is 2. The summed E-state index contributed by atoms with van der Waals surface area (Å²) in [5, 5.41) is 0. The number of hydrogen-bond acceptors (Lipinski definition) is 1. The first kappa shape index (κ1) is 15.0. The van der Waals surface area contributed by atoms with Gasteiger partial charge in [0.05, 0.1) is 0 Å². The van der Waals surface area contributed by atoms with Gasteiger partial charge in [-0.15, -0.1) is 0 Å². The Morgan fingerprint density at radius 2 is 1.12 bits per heavy atom. The second-order valence-electron chi connectivity index (χ2n) is 7.20. The van der Waals surface area contributed by atoms with Gasteiger partial charge >= 0.3 is 0 Å². The molecule has 0 saturated carbocycles. The van der Waals surface area contributed by atoms with Crippen molar-refractivity contribution in [1.29, 1.82) is 0 Å². The van der Waals surface area contributed by atoms with Crippen molar-refractivity contribution < 1.29 is 0 Å². The fraction of sp³-hybridized carbons (Fsp3) is 0.217. The Morgan fingerprint density at radius 1 is 0.667 bits per heavy atom. The highest BCUT2D eigenvalue weighted by Gasteiger charge is 2.39. The van der Waals surface area contributed by atoms with E-state index < -0.39 is 0 Å². The molecule has 3 aromatic rings. The van der Waals surface area contributed by atoms with Gasteiger partial charge in [-0.05, 0) is 28.8 Å². The summed E-state index contributed by atoms with van der Waals surface area (Å²) in [6.07, 6.45) is 0. The Kier molecular flexibility index (Phi) is 3.45. The molecule has 1 aliphatic rings. The van der Waals surface area contributed by atoms with Crippen LogP contribution in [0.15, 0.2) is 78.9 Å². The molecule has 0 atom stereocenters. The van der Waals surface area contributed by atoms with E-state index in [0.717, 1.165) is 0 Å². The molecule has 1 nitrogen and oxygen atoms in total. The van der Waals surface area contributed by atoms with E-state index in [0.29, 0.717) is 5.92 Å². The van der Waals surface area contributed by atoms with Crippen LogP contribution in [0.3, 0.4) is 0 Å². The molecule has 0 saturated heterocycles. The van der Waals surface area contributed by atoms with E-state index >= 15 is 0 Å². The van der Waals surface area contributed by atoms with Crippen LogP contribution in [-0.2, 0) is 5.41 Å². The number of benzene rings is 3. The lowest BCUT2D eigenvalue weighted by Crippen LogP contribution is -2.33. The fourth-order valence-corrected chi connectivity index (χ4v) is 4.18. The van der Waals surface area contributed by atoms with Gasteiger partial charge in [0, 0.05) is 29.8 Å². The molecule has 0 unspecified atom stereocenters. The molecule has 1 heterocycles. The number of anilines is 2. The van der Waals surface area contributed by atoms with Crippen molar-refractivity contribution in [3.8, 4) is 0 Å². The van der Waals surface area contributed by atoms with Crippen LogP contribution >= 0.6 is 0 Å². The number of rotatable bonds is 2. The molecule has 0 N–H and O–H groups in total. The molecule has 3 aromatic carbocycles. The topological polar surface area (TPSA) is 3.24 Å². The summed E-state index contributed by atoms with van der Waals surface area (Å²) >= 11 is 0. The first-order valence-corrected chi connectivity index (χ1v) is 8.58. The average Bonchev–Trinajstić information content (AvgIpc) is 2.63. The highest BCUT2D eigenvalue weighted by Crippen LogP contribution is 2.52. The summed E-state index contributed by atoms with van der Waals surface area (Å²) in [6.45, 7) is 4.73. The fourth-order valence-electron chi connectivity index (χ4n) is 4.18. The molecule has 0 bridgehead atoms. The minimum atomic E-state index is 0.00866. The van der Waals surface area contributed by atoms with Gasteiger partial charge in [0.2, 0.25) is 0 Å². The normalized spacial score (nSPS) is 14.2. The van der Waals surface area contributed by atoms with Crippen molar-refractivity contribution >= 4 is 11.4 Å². The Bertz CT molecular complexity index is 816. The maximum atomic E-state index is 2.37. The largest absolute Gasteiger partial charge is 0.344 e. The Labute approximate surface area is 144 Å². The lowest BCUT2D eigenvalue weighted by atomic mass is 9.65. The van der Waals surface area contributed by atoms with Crippen LogP contribution in [-0.4, -0.2) is 7.05 Å². The third-order valence-electron chi connectivity index (χ3n) is 5.46. The molecule has 1 heteroatoms. The van der Waals surface area contributed by atoms with E-state index in [1.54, 1.807) is 0 Å². The van der Waals surface area contributed by atoms with E-state index in [-0.39, 0.29) is 5.41 Å². The Morgan fingerprint density at radius 3 is 1.67 bits per heavy atom. The first-order chi connectivity index (χ1) is 11.6. The van der Waals surface area contributed by atoms with Gasteiger partial charge in [-0.3, -0.25) is 0 Å². The molecule has 24 heavy (non-hydrogen) atoms. The third-order valence-corrected chi connectivity index (χ3v) is 5.46. The van der Waals surface area contributed by atoms with Crippen molar-refractivity contribution in [2.24, 2.45) is 0 Å². The van der Waals surface area contributed by atoms with Crippen LogP contribution in [0.25, 0.3) is 0 Å². The van der Waals surface area contributed by atoms with Gasteiger partial charge in [-0.2, -0.15) is 0 Å². The van der Waals surface area contributed by atoms with Crippen molar-refractivity contribution in [2.75, 3.05) is 11.9 Å².